The van der Waals surface area contributed by atoms with Gasteiger partial charge in [0.25, 0.3) is 0 Å². The second-order valence-corrected chi connectivity index (χ2v) is 12.9. The van der Waals surface area contributed by atoms with Gasteiger partial charge in [0.05, 0.1) is 16.7 Å². The second kappa shape index (κ2) is 11.9. The molecule has 1 aromatic heterocycles. The number of aromatic nitrogens is 1. The highest BCUT2D eigenvalue weighted by molar-refractivity contribution is 6.12. The van der Waals surface area contributed by atoms with Gasteiger partial charge in [-0.15, -0.1) is 0 Å². The van der Waals surface area contributed by atoms with Crippen LogP contribution in [0.5, 0.6) is 11.5 Å². The molecule has 2 heterocycles. The highest BCUT2D eigenvalue weighted by atomic mass is 16.5. The fourth-order valence-electron chi connectivity index (χ4n) is 7.70. The van der Waals surface area contributed by atoms with Crippen molar-refractivity contribution < 1.29 is 4.74 Å². The minimum Gasteiger partial charge on any atom is -0.453 e. The summed E-state index contributed by atoms with van der Waals surface area (Å²) < 4.78 is 8.95. The average molecular weight is 653 g/mol. The van der Waals surface area contributed by atoms with Gasteiger partial charge in [0.15, 0.2) is 11.5 Å². The van der Waals surface area contributed by atoms with Crippen LogP contribution in [0.1, 0.15) is 0 Å². The first-order valence-electron chi connectivity index (χ1n) is 17.4. The van der Waals surface area contributed by atoms with Gasteiger partial charge >= 0.3 is 0 Å². The van der Waals surface area contributed by atoms with E-state index in [0.29, 0.717) is 0 Å². The van der Waals surface area contributed by atoms with Gasteiger partial charge < -0.3 is 14.2 Å². The molecule has 9 aromatic rings. The molecular weight excluding hydrogens is 621 g/mol. The number of nitrogens with zero attached hydrogens (tertiary/aromatic N) is 2. The van der Waals surface area contributed by atoms with Gasteiger partial charge in [-0.2, -0.15) is 0 Å². The van der Waals surface area contributed by atoms with Crippen molar-refractivity contribution in [2.45, 2.75) is 0 Å². The summed E-state index contributed by atoms with van der Waals surface area (Å²) in [6, 6.07) is 69.0. The van der Waals surface area contributed by atoms with Crippen LogP contribution in [0.4, 0.5) is 17.1 Å². The van der Waals surface area contributed by atoms with Crippen molar-refractivity contribution in [3.8, 4) is 50.6 Å². The molecule has 8 aromatic carbocycles. The van der Waals surface area contributed by atoms with E-state index in [9.17, 15) is 0 Å². The molecule has 0 spiro atoms. The lowest BCUT2D eigenvalue weighted by molar-refractivity contribution is 0.477. The van der Waals surface area contributed by atoms with Gasteiger partial charge in [-0.3, -0.25) is 0 Å². The molecule has 0 saturated carbocycles. The van der Waals surface area contributed by atoms with Gasteiger partial charge in [0.1, 0.15) is 0 Å². The van der Waals surface area contributed by atoms with Crippen molar-refractivity contribution in [1.29, 1.82) is 0 Å². The van der Waals surface area contributed by atoms with E-state index in [-0.39, 0.29) is 0 Å². The van der Waals surface area contributed by atoms with Crippen LogP contribution in [0.25, 0.3) is 60.9 Å². The molecule has 3 heteroatoms. The Labute approximate surface area is 296 Å². The molecule has 0 bridgehead atoms. The molecule has 0 N–H and O–H groups in total. The Bertz CT molecular complexity index is 2690. The number of para-hydroxylation sites is 4. The summed E-state index contributed by atoms with van der Waals surface area (Å²) >= 11 is 0. The van der Waals surface area contributed by atoms with E-state index in [1.54, 1.807) is 0 Å². The summed E-state index contributed by atoms with van der Waals surface area (Å²) in [5, 5.41) is 2.43. The Morgan fingerprint density at radius 3 is 1.55 bits per heavy atom. The lowest BCUT2D eigenvalue weighted by Crippen LogP contribution is -2.10. The van der Waals surface area contributed by atoms with E-state index in [0.717, 1.165) is 50.9 Å². The fraction of sp³-hybridized carbons (Fsp3) is 0. The summed E-state index contributed by atoms with van der Waals surface area (Å²) in [4.78, 5) is 2.32. The summed E-state index contributed by atoms with van der Waals surface area (Å²) in [7, 11) is 0. The molecule has 240 valence electrons. The zero-order valence-corrected chi connectivity index (χ0v) is 27.8. The maximum Gasteiger partial charge on any atom is 0.152 e. The summed E-state index contributed by atoms with van der Waals surface area (Å²) in [6.07, 6.45) is 0. The molecule has 10 rings (SSSR count). The van der Waals surface area contributed by atoms with Crippen molar-refractivity contribution in [2.24, 2.45) is 0 Å². The van der Waals surface area contributed by atoms with E-state index in [1.807, 2.05) is 0 Å². The zero-order chi connectivity index (χ0) is 33.7. The number of hydrogen-bond donors (Lipinski definition) is 0. The van der Waals surface area contributed by atoms with Crippen LogP contribution >= 0.6 is 0 Å². The maximum absolute atomic E-state index is 6.56. The van der Waals surface area contributed by atoms with E-state index < -0.39 is 0 Å². The molecular formula is C48H32N2O. The largest absolute Gasteiger partial charge is 0.453 e. The molecule has 0 fully saturated rings. The molecule has 0 saturated heterocycles. The Balaban J connectivity index is 1.05. The number of fused-ring (bicyclic) bond motifs is 5. The third kappa shape index (κ3) is 4.82. The van der Waals surface area contributed by atoms with E-state index in [1.165, 1.54) is 38.5 Å². The van der Waals surface area contributed by atoms with Gasteiger partial charge in [-0.25, -0.2) is 0 Å². The maximum atomic E-state index is 6.56. The molecule has 0 aliphatic carbocycles. The predicted octanol–water partition coefficient (Wildman–Crippen LogP) is 13.4. The van der Waals surface area contributed by atoms with Crippen LogP contribution in [-0.4, -0.2) is 4.57 Å². The normalized spacial score (nSPS) is 11.7. The first kappa shape index (κ1) is 29.1. The Morgan fingerprint density at radius 1 is 0.353 bits per heavy atom. The first-order valence-corrected chi connectivity index (χ1v) is 17.4. The summed E-state index contributed by atoms with van der Waals surface area (Å²) in [5.74, 6) is 1.74. The van der Waals surface area contributed by atoms with Crippen LogP contribution < -0.4 is 9.64 Å². The van der Waals surface area contributed by atoms with Crippen LogP contribution in [0.15, 0.2) is 194 Å². The predicted molar refractivity (Wildman–Crippen MR) is 212 cm³/mol. The lowest BCUT2D eigenvalue weighted by atomic mass is 9.94. The standard InChI is InChI=1S/C48H32N2O/c1-3-13-33(14-4-1)39-17-7-8-18-40(39)34-25-29-37(30-26-34)49(36-15-5-2-6-16-36)38-31-27-35(28-32-38)41-20-11-23-45-47(41)50-44-22-10-9-19-42(44)43-21-12-24-46(51-45)48(43)50/h1-32H. The van der Waals surface area contributed by atoms with E-state index in [4.69, 9.17) is 4.74 Å². The summed E-state index contributed by atoms with van der Waals surface area (Å²) in [6.45, 7) is 0. The quantitative estimate of drug-likeness (QED) is 0.178. The smallest absolute Gasteiger partial charge is 0.152 e. The number of anilines is 3. The monoisotopic (exact) mass is 652 g/mol. The highest BCUT2D eigenvalue weighted by Crippen LogP contribution is 2.48. The van der Waals surface area contributed by atoms with Crippen LogP contribution in [-0.2, 0) is 0 Å². The van der Waals surface area contributed by atoms with E-state index in [2.05, 4.69) is 204 Å². The zero-order valence-electron chi connectivity index (χ0n) is 27.8. The Morgan fingerprint density at radius 2 is 0.843 bits per heavy atom. The molecule has 0 radical (unpaired) electrons. The third-order valence-electron chi connectivity index (χ3n) is 10.00. The van der Waals surface area contributed by atoms with Crippen molar-refractivity contribution in [3.63, 3.8) is 0 Å². The van der Waals surface area contributed by atoms with Crippen molar-refractivity contribution in [3.05, 3.63) is 194 Å². The molecule has 0 atom stereocenters. The number of benzene rings is 8. The lowest BCUT2D eigenvalue weighted by Gasteiger charge is -2.26. The third-order valence-corrected chi connectivity index (χ3v) is 10.00. The SMILES string of the molecule is c1ccc(-c2ccccc2-c2ccc(N(c3ccccc3)c3ccc(-c4cccc5c4-n4c6ccccc6c6cccc(c64)O5)cc3)cc2)cc1. The number of ether oxygens (including phenoxy) is 1. The van der Waals surface area contributed by atoms with Crippen LogP contribution in [0, 0.1) is 0 Å². The summed E-state index contributed by atoms with van der Waals surface area (Å²) in [5.41, 5.74) is 13.8. The molecule has 3 nitrogen and oxygen atoms in total. The number of hydrogen-bond acceptors (Lipinski definition) is 2. The number of rotatable bonds is 6. The van der Waals surface area contributed by atoms with Gasteiger partial charge in [0.2, 0.25) is 0 Å². The first-order chi connectivity index (χ1) is 25.3. The Kier molecular flexibility index (Phi) is 6.81. The molecule has 51 heavy (non-hydrogen) atoms. The van der Waals surface area contributed by atoms with Gasteiger partial charge in [-0.05, 0) is 82.4 Å². The van der Waals surface area contributed by atoms with Gasteiger partial charge in [0, 0.05) is 33.4 Å². The molecule has 0 unspecified atom stereocenters. The van der Waals surface area contributed by atoms with Gasteiger partial charge in [-0.1, -0.05) is 140 Å². The molecule has 0 amide bonds. The minimum atomic E-state index is 0.859. The van der Waals surface area contributed by atoms with Crippen LogP contribution in [0.3, 0.4) is 0 Å². The van der Waals surface area contributed by atoms with Crippen molar-refractivity contribution in [2.75, 3.05) is 4.90 Å². The highest BCUT2D eigenvalue weighted by Gasteiger charge is 2.26. The minimum absolute atomic E-state index is 0.859. The average Bonchev–Trinajstić information content (AvgIpc) is 3.55. The molecule has 1 aliphatic heterocycles. The van der Waals surface area contributed by atoms with E-state index >= 15 is 0 Å². The molecule has 1 aliphatic rings. The Hall–Kier alpha value is -6.84. The van der Waals surface area contributed by atoms with Crippen LogP contribution in [0.2, 0.25) is 0 Å². The van der Waals surface area contributed by atoms with Crippen molar-refractivity contribution in [1.82, 2.24) is 4.57 Å². The topological polar surface area (TPSA) is 17.4 Å². The second-order valence-electron chi connectivity index (χ2n) is 12.9. The fourth-order valence-corrected chi connectivity index (χ4v) is 7.70. The van der Waals surface area contributed by atoms with Crippen molar-refractivity contribution >= 4 is 38.9 Å².